The van der Waals surface area contributed by atoms with Gasteiger partial charge in [0.2, 0.25) is 15.7 Å². The Morgan fingerprint density at radius 2 is 1.93 bits per heavy atom. The van der Waals surface area contributed by atoms with Crippen LogP contribution in [0.1, 0.15) is 28.3 Å². The number of hydrogen-bond donors (Lipinski definition) is 1. The molecule has 0 saturated heterocycles. The number of aryl methyl sites for hydroxylation is 1. The molecule has 2 aromatic carbocycles. The Balaban J connectivity index is 1.85. The summed E-state index contributed by atoms with van der Waals surface area (Å²) in [6, 6.07) is 14.6. The highest BCUT2D eigenvalue weighted by atomic mass is 79.9. The standard InChI is InChI=1S/C20H16BrNO3S2/c1-12-4-2-7-15(8-12)27(24,25)17-11-26-20-16(10-18(23)22-19(17)20)13-5-3-6-14(21)9-13/h2-9,11,16H,10H2,1H3,(H,22,23). The van der Waals surface area contributed by atoms with Gasteiger partial charge in [0.15, 0.2) is 0 Å². The molecule has 27 heavy (non-hydrogen) atoms. The Morgan fingerprint density at radius 3 is 2.67 bits per heavy atom. The summed E-state index contributed by atoms with van der Waals surface area (Å²) in [6.07, 6.45) is 0.300. The predicted octanol–water partition coefficient (Wildman–Crippen LogP) is 5.13. The van der Waals surface area contributed by atoms with Crippen LogP contribution in [0.5, 0.6) is 0 Å². The first kappa shape index (κ1) is 18.4. The van der Waals surface area contributed by atoms with Crippen LogP contribution in [0.25, 0.3) is 0 Å². The van der Waals surface area contributed by atoms with E-state index in [1.807, 2.05) is 37.3 Å². The number of anilines is 1. The third-order valence-corrected chi connectivity index (χ3v) is 8.11. The summed E-state index contributed by atoms with van der Waals surface area (Å²) >= 11 is 4.84. The Labute approximate surface area is 170 Å². The smallest absolute Gasteiger partial charge is 0.225 e. The number of carbonyl (C=O) groups excluding carboxylic acids is 1. The molecule has 7 heteroatoms. The summed E-state index contributed by atoms with van der Waals surface area (Å²) < 4.78 is 27.3. The number of carbonyl (C=O) groups is 1. The minimum absolute atomic E-state index is 0.155. The summed E-state index contributed by atoms with van der Waals surface area (Å²) in [5.41, 5.74) is 2.28. The lowest BCUT2D eigenvalue weighted by Crippen LogP contribution is -2.23. The molecule has 1 aliphatic rings. The van der Waals surface area contributed by atoms with Crippen molar-refractivity contribution in [2.75, 3.05) is 5.32 Å². The highest BCUT2D eigenvalue weighted by molar-refractivity contribution is 9.10. The molecule has 4 nitrogen and oxygen atoms in total. The number of thiophene rings is 1. The number of hydrogen-bond acceptors (Lipinski definition) is 4. The molecule has 0 aliphatic carbocycles. The zero-order valence-corrected chi connectivity index (χ0v) is 17.6. The second kappa shape index (κ2) is 6.89. The van der Waals surface area contributed by atoms with Crippen LogP contribution >= 0.6 is 27.3 Å². The maximum Gasteiger partial charge on any atom is 0.225 e. The van der Waals surface area contributed by atoms with Crippen LogP contribution in [0, 0.1) is 6.92 Å². The Kier molecular flexibility index (Phi) is 4.70. The van der Waals surface area contributed by atoms with Gasteiger partial charge in [-0.25, -0.2) is 8.42 Å². The lowest BCUT2D eigenvalue weighted by molar-refractivity contribution is -0.116. The topological polar surface area (TPSA) is 63.2 Å². The summed E-state index contributed by atoms with van der Waals surface area (Å²) in [7, 11) is -3.71. The van der Waals surface area contributed by atoms with Gasteiger partial charge in [-0.3, -0.25) is 4.79 Å². The van der Waals surface area contributed by atoms with E-state index in [1.165, 1.54) is 11.3 Å². The van der Waals surface area contributed by atoms with Crippen molar-refractivity contribution in [1.82, 2.24) is 0 Å². The van der Waals surface area contributed by atoms with Crippen LogP contribution in [0.15, 0.2) is 68.2 Å². The van der Waals surface area contributed by atoms with Gasteiger partial charge in [-0.1, -0.05) is 40.2 Å². The van der Waals surface area contributed by atoms with Crippen molar-refractivity contribution in [1.29, 1.82) is 0 Å². The fourth-order valence-electron chi connectivity index (χ4n) is 3.30. The van der Waals surface area contributed by atoms with Crippen LogP contribution in [0.2, 0.25) is 0 Å². The molecule has 1 amide bonds. The molecule has 1 atom stereocenters. The van der Waals surface area contributed by atoms with Gasteiger partial charge in [-0.2, -0.15) is 0 Å². The van der Waals surface area contributed by atoms with Gasteiger partial charge in [0.1, 0.15) is 4.90 Å². The maximum absolute atomic E-state index is 13.2. The first-order valence-electron chi connectivity index (χ1n) is 8.35. The second-order valence-electron chi connectivity index (χ2n) is 6.52. The minimum atomic E-state index is -3.71. The molecular formula is C20H16BrNO3S2. The Morgan fingerprint density at radius 1 is 1.15 bits per heavy atom. The van der Waals surface area contributed by atoms with Gasteiger partial charge in [0.05, 0.1) is 10.6 Å². The first-order valence-corrected chi connectivity index (χ1v) is 11.5. The summed E-state index contributed by atoms with van der Waals surface area (Å²) in [6.45, 7) is 1.85. The lowest BCUT2D eigenvalue weighted by Gasteiger charge is -2.24. The average Bonchev–Trinajstić information content (AvgIpc) is 3.05. The molecule has 138 valence electrons. The quantitative estimate of drug-likeness (QED) is 0.587. The van der Waals surface area contributed by atoms with Crippen LogP contribution in [0.4, 0.5) is 5.69 Å². The maximum atomic E-state index is 13.2. The van der Waals surface area contributed by atoms with Crippen molar-refractivity contribution in [3.8, 4) is 0 Å². The molecule has 4 rings (SSSR count). The summed E-state index contributed by atoms with van der Waals surface area (Å²) in [5.74, 6) is -0.329. The summed E-state index contributed by atoms with van der Waals surface area (Å²) in [4.78, 5) is 13.6. The molecule has 0 fully saturated rings. The van der Waals surface area contributed by atoms with Crippen LogP contribution < -0.4 is 5.32 Å². The van der Waals surface area contributed by atoms with Gasteiger partial charge in [0.25, 0.3) is 0 Å². The van der Waals surface area contributed by atoms with E-state index in [1.54, 1.807) is 23.6 Å². The number of sulfone groups is 1. The zero-order chi connectivity index (χ0) is 19.2. The van der Waals surface area contributed by atoms with Crippen molar-refractivity contribution >= 4 is 48.7 Å². The monoisotopic (exact) mass is 461 g/mol. The van der Waals surface area contributed by atoms with Crippen molar-refractivity contribution in [2.45, 2.75) is 29.1 Å². The van der Waals surface area contributed by atoms with Gasteiger partial charge in [-0.15, -0.1) is 11.3 Å². The fraction of sp³-hybridized carbons (Fsp3) is 0.150. The molecule has 3 aromatic rings. The van der Waals surface area contributed by atoms with E-state index in [2.05, 4.69) is 21.2 Å². The Hall–Kier alpha value is -1.96. The van der Waals surface area contributed by atoms with E-state index in [9.17, 15) is 13.2 Å². The number of fused-ring (bicyclic) bond motifs is 1. The van der Waals surface area contributed by atoms with Crippen molar-refractivity contribution in [2.24, 2.45) is 0 Å². The van der Waals surface area contributed by atoms with E-state index in [4.69, 9.17) is 0 Å². The largest absolute Gasteiger partial charge is 0.324 e. The number of halogens is 1. The molecule has 0 bridgehead atoms. The minimum Gasteiger partial charge on any atom is -0.324 e. The van der Waals surface area contributed by atoms with Crippen LogP contribution in [-0.2, 0) is 14.6 Å². The van der Waals surface area contributed by atoms with Gasteiger partial charge in [-0.05, 0) is 42.3 Å². The zero-order valence-electron chi connectivity index (χ0n) is 14.4. The third kappa shape index (κ3) is 3.35. The van der Waals surface area contributed by atoms with Crippen LogP contribution in [0.3, 0.4) is 0 Å². The Bertz CT molecular complexity index is 1150. The van der Waals surface area contributed by atoms with E-state index < -0.39 is 9.84 Å². The molecule has 0 spiro atoms. The van der Waals surface area contributed by atoms with Crippen LogP contribution in [-0.4, -0.2) is 14.3 Å². The fourth-order valence-corrected chi connectivity index (χ4v) is 6.73. The molecule has 0 saturated carbocycles. The van der Waals surface area contributed by atoms with E-state index in [-0.39, 0.29) is 21.6 Å². The summed E-state index contributed by atoms with van der Waals surface area (Å²) in [5, 5.41) is 4.43. The normalized spacial score (nSPS) is 16.7. The lowest BCUT2D eigenvalue weighted by atomic mass is 9.91. The molecule has 1 unspecified atom stereocenters. The molecule has 1 aliphatic heterocycles. The molecule has 1 aromatic heterocycles. The average molecular weight is 462 g/mol. The number of nitrogens with one attached hydrogen (secondary N) is 1. The molecule has 2 heterocycles. The van der Waals surface area contributed by atoms with E-state index in [0.29, 0.717) is 12.1 Å². The van der Waals surface area contributed by atoms with E-state index >= 15 is 0 Å². The first-order chi connectivity index (χ1) is 12.9. The third-order valence-electron chi connectivity index (χ3n) is 4.60. The number of rotatable bonds is 3. The van der Waals surface area contributed by atoms with Crippen molar-refractivity contribution < 1.29 is 13.2 Å². The number of benzene rings is 2. The SMILES string of the molecule is Cc1cccc(S(=O)(=O)c2csc3c2NC(=O)CC3c2cccc(Br)c2)c1. The van der Waals surface area contributed by atoms with Crippen molar-refractivity contribution in [3.05, 3.63) is 74.4 Å². The predicted molar refractivity (Wildman–Crippen MR) is 110 cm³/mol. The van der Waals surface area contributed by atoms with Gasteiger partial charge >= 0.3 is 0 Å². The van der Waals surface area contributed by atoms with Crippen molar-refractivity contribution in [3.63, 3.8) is 0 Å². The number of amides is 1. The van der Waals surface area contributed by atoms with Gasteiger partial charge in [0, 0.05) is 27.1 Å². The van der Waals surface area contributed by atoms with E-state index in [0.717, 1.165) is 20.5 Å². The molecule has 1 N–H and O–H groups in total. The highest BCUT2D eigenvalue weighted by Crippen LogP contribution is 2.46. The van der Waals surface area contributed by atoms with Gasteiger partial charge < -0.3 is 5.32 Å². The molecule has 0 radical (unpaired) electrons. The molecular weight excluding hydrogens is 446 g/mol. The highest BCUT2D eigenvalue weighted by Gasteiger charge is 2.34. The second-order valence-corrected chi connectivity index (χ2v) is 10.3.